The van der Waals surface area contributed by atoms with Crippen molar-refractivity contribution in [2.45, 2.75) is 57.6 Å². The number of nitrogens with one attached hydrogen (secondary N) is 1. The van der Waals surface area contributed by atoms with Crippen molar-refractivity contribution in [1.82, 2.24) is 5.32 Å². The minimum atomic E-state index is -2.59. The molecule has 10 heteroatoms. The van der Waals surface area contributed by atoms with E-state index in [0.29, 0.717) is 17.1 Å². The fourth-order valence-electron chi connectivity index (χ4n) is 7.46. The molecule has 0 heterocycles. The van der Waals surface area contributed by atoms with Crippen LogP contribution >= 0.6 is 11.6 Å². The molecule has 3 atom stereocenters. The molecule has 3 aliphatic rings. The lowest BCUT2D eigenvalue weighted by atomic mass is 9.59. The van der Waals surface area contributed by atoms with Crippen LogP contribution < -0.4 is 11.1 Å². The van der Waals surface area contributed by atoms with Gasteiger partial charge in [0.05, 0.1) is 5.56 Å². The quantitative estimate of drug-likeness (QED) is 0.138. The summed E-state index contributed by atoms with van der Waals surface area (Å²) in [6.07, 6.45) is 2.51. The normalized spacial score (nSPS) is 22.2. The number of aryl methyl sites for hydroxylation is 1. The number of carbonyl (C=O) groups excluding carboxylic acids is 3. The highest BCUT2D eigenvalue weighted by atomic mass is 35.5. The van der Waals surface area contributed by atoms with Crippen LogP contribution in [0.1, 0.15) is 54.0 Å². The second-order valence-electron chi connectivity index (χ2n) is 12.7. The third-order valence-corrected chi connectivity index (χ3v) is 10.0. The number of aromatic hydroxyl groups is 1. The van der Waals surface area contributed by atoms with E-state index in [1.807, 2.05) is 30.3 Å². The van der Waals surface area contributed by atoms with E-state index in [1.165, 1.54) is 11.6 Å². The van der Waals surface area contributed by atoms with Crippen LogP contribution in [0.4, 0.5) is 0 Å². The van der Waals surface area contributed by atoms with Crippen molar-refractivity contribution in [2.24, 2.45) is 17.6 Å². The Hall–Kier alpha value is -4.44. The number of fused-ring (bicyclic) bond motifs is 3. The number of benzene rings is 3. The summed E-state index contributed by atoms with van der Waals surface area (Å²) in [5.74, 6) is -6.43. The highest BCUT2D eigenvalue weighted by Crippen LogP contribution is 2.53. The molecule has 3 aliphatic carbocycles. The average Bonchev–Trinajstić information content (AvgIpc) is 3.02. The molecule has 0 aromatic heterocycles. The van der Waals surface area contributed by atoms with E-state index in [-0.39, 0.29) is 36.1 Å². The largest absolute Gasteiger partial charge is 0.508 e. The number of halogens is 1. The Bertz CT molecular complexity index is 1860. The predicted octanol–water partition coefficient (Wildman–Crippen LogP) is 5.03. The van der Waals surface area contributed by atoms with Gasteiger partial charge in [-0.15, -0.1) is 0 Å². The van der Waals surface area contributed by atoms with Crippen molar-refractivity contribution in [3.05, 3.63) is 104 Å². The molecule has 3 aromatic rings. The standard InChI is InChI=1S/C37H37ClN2O7/c1-2-3-21-7-4-20(18-40-13-12-19-5-8-24(38)9-6-19)14-26(21)25-10-11-28(41)31-27(25)16-22-15-23-17-29(42)32(36(39)46)35(45)37(23,47)34(44)30(22)33(31)43/h4-11,14,22-23,40-41,43,45,47H,2-3,12-13,15-18H2,1H3,(H2,39,46)/t22-,23+,37+/m1/s1. The van der Waals surface area contributed by atoms with Crippen LogP contribution in [0, 0.1) is 11.8 Å². The highest BCUT2D eigenvalue weighted by Gasteiger charge is 2.60. The maximum absolute atomic E-state index is 13.9. The van der Waals surface area contributed by atoms with Gasteiger partial charge in [-0.2, -0.15) is 0 Å². The van der Waals surface area contributed by atoms with Crippen LogP contribution in [-0.4, -0.2) is 50.0 Å². The molecule has 47 heavy (non-hydrogen) atoms. The SMILES string of the molecule is CCCc1ccc(CNCCc2ccc(Cl)cc2)cc1-c1ccc(O)c2c1C[C@H]1C[C@H]3CC(=O)C(C(N)=O)=C(O)[C@@]3(O)C(=O)C1=C2O. The topological polar surface area (TPSA) is 170 Å². The van der Waals surface area contributed by atoms with Crippen LogP contribution in [0.5, 0.6) is 5.75 Å². The summed E-state index contributed by atoms with van der Waals surface area (Å²) in [7, 11) is 0. The third-order valence-electron chi connectivity index (χ3n) is 9.76. The molecule has 0 spiro atoms. The van der Waals surface area contributed by atoms with Gasteiger partial charge in [-0.25, -0.2) is 0 Å². The van der Waals surface area contributed by atoms with Crippen molar-refractivity contribution in [1.29, 1.82) is 0 Å². The number of primary amides is 1. The van der Waals surface area contributed by atoms with E-state index in [0.717, 1.165) is 48.1 Å². The third kappa shape index (κ3) is 5.62. The average molecular weight is 657 g/mol. The number of ketones is 2. The van der Waals surface area contributed by atoms with Gasteiger partial charge < -0.3 is 31.5 Å². The zero-order valence-electron chi connectivity index (χ0n) is 26.0. The Labute approximate surface area is 277 Å². The van der Waals surface area contributed by atoms with E-state index in [9.17, 15) is 34.8 Å². The van der Waals surface area contributed by atoms with Crippen molar-refractivity contribution in [3.8, 4) is 16.9 Å². The van der Waals surface area contributed by atoms with Crippen molar-refractivity contribution in [3.63, 3.8) is 0 Å². The Morgan fingerprint density at radius 3 is 2.40 bits per heavy atom. The Kier molecular flexibility index (Phi) is 8.74. The second-order valence-corrected chi connectivity index (χ2v) is 13.1. The van der Waals surface area contributed by atoms with E-state index in [4.69, 9.17) is 17.3 Å². The maximum atomic E-state index is 13.9. The van der Waals surface area contributed by atoms with Gasteiger partial charge in [0.25, 0.3) is 5.91 Å². The number of rotatable bonds is 9. The molecule has 1 fully saturated rings. The van der Waals surface area contributed by atoms with Crippen LogP contribution in [-0.2, 0) is 40.2 Å². The Balaban J connectivity index is 1.36. The number of aliphatic hydroxyl groups is 3. The second kappa shape index (κ2) is 12.6. The summed E-state index contributed by atoms with van der Waals surface area (Å²) in [4.78, 5) is 38.5. The minimum Gasteiger partial charge on any atom is -0.508 e. The molecule has 0 bridgehead atoms. The lowest BCUT2D eigenvalue weighted by Crippen LogP contribution is -2.58. The molecule has 1 saturated carbocycles. The molecule has 7 N–H and O–H groups in total. The van der Waals surface area contributed by atoms with Crippen LogP contribution in [0.25, 0.3) is 16.9 Å². The molecule has 3 aromatic carbocycles. The molecule has 1 amide bonds. The van der Waals surface area contributed by atoms with E-state index in [1.54, 1.807) is 0 Å². The molecule has 0 saturated heterocycles. The molecule has 0 aliphatic heterocycles. The number of phenolic OH excluding ortho intramolecular Hbond substituents is 1. The summed E-state index contributed by atoms with van der Waals surface area (Å²) in [6.45, 7) is 3.48. The Morgan fingerprint density at radius 1 is 0.979 bits per heavy atom. The van der Waals surface area contributed by atoms with Crippen LogP contribution in [0.15, 0.2) is 71.5 Å². The Morgan fingerprint density at radius 2 is 1.70 bits per heavy atom. The number of Topliss-reactive ketones (excluding diaryl/α,β-unsaturated/α-hetero) is 2. The molecule has 0 unspecified atom stereocenters. The van der Waals surface area contributed by atoms with Crippen molar-refractivity contribution < 1.29 is 34.8 Å². The number of hydrogen-bond acceptors (Lipinski definition) is 8. The lowest BCUT2D eigenvalue weighted by molar-refractivity contribution is -0.147. The summed E-state index contributed by atoms with van der Waals surface area (Å²) in [6, 6.07) is 17.4. The van der Waals surface area contributed by atoms with E-state index in [2.05, 4.69) is 30.4 Å². The van der Waals surface area contributed by atoms with E-state index < -0.39 is 52.0 Å². The number of phenols is 1. The fraction of sp³-hybridized carbons (Fsp3) is 0.324. The van der Waals surface area contributed by atoms with Gasteiger partial charge in [0.2, 0.25) is 5.78 Å². The van der Waals surface area contributed by atoms with Crippen molar-refractivity contribution >= 4 is 34.8 Å². The fourth-order valence-corrected chi connectivity index (χ4v) is 7.59. The summed E-state index contributed by atoms with van der Waals surface area (Å²) < 4.78 is 0. The van der Waals surface area contributed by atoms with Gasteiger partial charge in [-0.1, -0.05) is 55.3 Å². The minimum absolute atomic E-state index is 0.0808. The molecule has 0 radical (unpaired) electrons. The summed E-state index contributed by atoms with van der Waals surface area (Å²) in [5, 5.41) is 49.2. The first kappa shape index (κ1) is 32.5. The van der Waals surface area contributed by atoms with E-state index >= 15 is 0 Å². The van der Waals surface area contributed by atoms with Crippen LogP contribution in [0.2, 0.25) is 5.02 Å². The number of nitrogens with two attached hydrogens (primary N) is 1. The van der Waals surface area contributed by atoms with Gasteiger partial charge in [-0.05, 0) is 95.8 Å². The molecule has 6 rings (SSSR count). The van der Waals surface area contributed by atoms with Gasteiger partial charge in [0, 0.05) is 29.5 Å². The molecular weight excluding hydrogens is 620 g/mol. The first-order valence-corrected chi connectivity index (χ1v) is 16.2. The monoisotopic (exact) mass is 656 g/mol. The highest BCUT2D eigenvalue weighted by molar-refractivity contribution is 6.30. The van der Waals surface area contributed by atoms with Gasteiger partial charge >= 0.3 is 0 Å². The van der Waals surface area contributed by atoms with Gasteiger partial charge in [0.1, 0.15) is 22.8 Å². The zero-order chi connectivity index (χ0) is 33.6. The van der Waals surface area contributed by atoms with Gasteiger partial charge in [-0.3, -0.25) is 14.4 Å². The first-order valence-electron chi connectivity index (χ1n) is 15.8. The molecular formula is C37H37ClN2O7. The smallest absolute Gasteiger partial charge is 0.255 e. The summed E-state index contributed by atoms with van der Waals surface area (Å²) in [5.41, 5.74) is 7.58. The molecule has 244 valence electrons. The first-order chi connectivity index (χ1) is 22.4. The predicted molar refractivity (Wildman–Crippen MR) is 178 cm³/mol. The summed E-state index contributed by atoms with van der Waals surface area (Å²) >= 11 is 6.00. The lowest BCUT2D eigenvalue weighted by Gasteiger charge is -2.46. The number of hydrogen-bond donors (Lipinski definition) is 6. The molecule has 9 nitrogen and oxygen atoms in total. The van der Waals surface area contributed by atoms with Gasteiger partial charge in [0.15, 0.2) is 11.4 Å². The number of aliphatic hydroxyl groups excluding tert-OH is 2. The zero-order valence-corrected chi connectivity index (χ0v) is 26.7. The number of carbonyl (C=O) groups is 3. The number of amides is 1. The van der Waals surface area contributed by atoms with Crippen molar-refractivity contribution in [2.75, 3.05) is 6.54 Å². The van der Waals surface area contributed by atoms with Crippen LogP contribution in [0.3, 0.4) is 0 Å². The maximum Gasteiger partial charge on any atom is 0.255 e.